The van der Waals surface area contributed by atoms with E-state index in [0.29, 0.717) is 37.9 Å². The Kier molecular flexibility index (Phi) is 4.70. The summed E-state index contributed by atoms with van der Waals surface area (Å²) < 4.78 is 5.17. The zero-order valence-electron chi connectivity index (χ0n) is 13.1. The van der Waals surface area contributed by atoms with Crippen molar-refractivity contribution < 1.29 is 9.21 Å². The summed E-state index contributed by atoms with van der Waals surface area (Å²) in [7, 11) is 0. The highest BCUT2D eigenvalue weighted by Gasteiger charge is 2.24. The number of hydrogen-bond acceptors (Lipinski definition) is 7. The maximum absolute atomic E-state index is 12.2. The Hall–Kier alpha value is -2.64. The Morgan fingerprint density at radius 1 is 1.35 bits per heavy atom. The molecule has 1 aliphatic rings. The van der Waals surface area contributed by atoms with Crippen LogP contribution in [0.4, 0.5) is 11.8 Å². The second-order valence-corrected chi connectivity index (χ2v) is 5.32. The van der Waals surface area contributed by atoms with E-state index in [1.807, 2.05) is 0 Å². The van der Waals surface area contributed by atoms with Gasteiger partial charge in [0.1, 0.15) is 0 Å². The van der Waals surface area contributed by atoms with Gasteiger partial charge in [0.25, 0.3) is 5.91 Å². The van der Waals surface area contributed by atoms with Crippen LogP contribution in [0.2, 0.25) is 0 Å². The van der Waals surface area contributed by atoms with Crippen LogP contribution >= 0.6 is 0 Å². The first-order valence-electron chi connectivity index (χ1n) is 7.79. The number of rotatable bonds is 5. The molecule has 0 saturated carbocycles. The number of nitrogens with one attached hydrogen (secondary N) is 1. The third kappa shape index (κ3) is 3.58. The Morgan fingerprint density at radius 3 is 2.87 bits per heavy atom. The van der Waals surface area contributed by atoms with Gasteiger partial charge in [0.15, 0.2) is 11.6 Å². The van der Waals surface area contributed by atoms with Crippen LogP contribution < -0.4 is 10.2 Å². The van der Waals surface area contributed by atoms with E-state index in [4.69, 9.17) is 4.42 Å². The van der Waals surface area contributed by atoms with E-state index in [9.17, 15) is 4.79 Å². The maximum atomic E-state index is 12.2. The van der Waals surface area contributed by atoms with Crippen LogP contribution in [0, 0.1) is 0 Å². The fourth-order valence-electron chi connectivity index (χ4n) is 2.45. The molecule has 1 aliphatic heterocycles. The largest absolute Gasteiger partial charge is 0.459 e. The molecule has 0 unspecified atom stereocenters. The van der Waals surface area contributed by atoms with Gasteiger partial charge in [-0.1, -0.05) is 6.92 Å². The standard InChI is InChI=1S/C15H20N6O2/c1-2-5-16-15-18-13(11-17-19-15)20-6-8-21(9-7-20)14(22)12-4-3-10-23-12/h3-4,10-11H,2,5-9H2,1H3,(H,16,18,19). The summed E-state index contributed by atoms with van der Waals surface area (Å²) in [5, 5.41) is 11.1. The van der Waals surface area contributed by atoms with Crippen molar-refractivity contribution in [2.24, 2.45) is 0 Å². The van der Waals surface area contributed by atoms with Crippen molar-refractivity contribution in [3.05, 3.63) is 30.4 Å². The number of carbonyl (C=O) groups is 1. The van der Waals surface area contributed by atoms with E-state index in [2.05, 4.69) is 32.3 Å². The van der Waals surface area contributed by atoms with Gasteiger partial charge in [0, 0.05) is 32.7 Å². The summed E-state index contributed by atoms with van der Waals surface area (Å²) in [6.45, 7) is 5.56. The fraction of sp³-hybridized carbons (Fsp3) is 0.467. The van der Waals surface area contributed by atoms with E-state index in [1.165, 1.54) is 6.26 Å². The minimum atomic E-state index is -0.0687. The molecule has 2 aromatic rings. The maximum Gasteiger partial charge on any atom is 0.289 e. The van der Waals surface area contributed by atoms with Crippen LogP contribution in [0.1, 0.15) is 23.9 Å². The molecule has 0 bridgehead atoms. The fourth-order valence-corrected chi connectivity index (χ4v) is 2.45. The average Bonchev–Trinajstić information content (AvgIpc) is 3.14. The molecule has 8 nitrogen and oxygen atoms in total. The lowest BCUT2D eigenvalue weighted by Gasteiger charge is -2.34. The molecule has 0 atom stereocenters. The number of carbonyl (C=O) groups excluding carboxylic acids is 1. The van der Waals surface area contributed by atoms with Gasteiger partial charge in [0.2, 0.25) is 5.95 Å². The Balaban J connectivity index is 1.59. The molecule has 1 N–H and O–H groups in total. The molecule has 0 aromatic carbocycles. The third-order valence-electron chi connectivity index (χ3n) is 3.70. The average molecular weight is 316 g/mol. The molecule has 3 rings (SSSR count). The van der Waals surface area contributed by atoms with Gasteiger partial charge in [-0.25, -0.2) is 0 Å². The van der Waals surface area contributed by atoms with Gasteiger partial charge >= 0.3 is 0 Å². The minimum absolute atomic E-state index is 0.0687. The van der Waals surface area contributed by atoms with E-state index in [-0.39, 0.29) is 5.91 Å². The summed E-state index contributed by atoms with van der Waals surface area (Å²) in [5.74, 6) is 1.64. The normalized spacial score (nSPS) is 14.8. The monoisotopic (exact) mass is 316 g/mol. The lowest BCUT2D eigenvalue weighted by molar-refractivity contribution is 0.0714. The molecule has 1 fully saturated rings. The lowest BCUT2D eigenvalue weighted by atomic mass is 10.3. The van der Waals surface area contributed by atoms with Crippen molar-refractivity contribution in [2.75, 3.05) is 42.9 Å². The molecule has 1 amide bonds. The number of hydrogen-bond donors (Lipinski definition) is 1. The SMILES string of the molecule is CCCNc1nncc(N2CCN(C(=O)c3ccco3)CC2)n1. The highest BCUT2D eigenvalue weighted by molar-refractivity contribution is 5.91. The topological polar surface area (TPSA) is 87.4 Å². The van der Waals surface area contributed by atoms with Crippen molar-refractivity contribution in [1.29, 1.82) is 0 Å². The van der Waals surface area contributed by atoms with Crippen LogP contribution in [0.25, 0.3) is 0 Å². The first-order valence-corrected chi connectivity index (χ1v) is 7.79. The molecule has 0 aliphatic carbocycles. The van der Waals surface area contributed by atoms with Crippen LogP contribution in [0.3, 0.4) is 0 Å². The van der Waals surface area contributed by atoms with E-state index in [0.717, 1.165) is 18.8 Å². The number of amides is 1. The second kappa shape index (κ2) is 7.08. The number of nitrogens with zero attached hydrogens (tertiary/aromatic N) is 5. The zero-order chi connectivity index (χ0) is 16.1. The number of furan rings is 1. The molecule has 23 heavy (non-hydrogen) atoms. The van der Waals surface area contributed by atoms with Crippen molar-refractivity contribution in [3.63, 3.8) is 0 Å². The summed E-state index contributed by atoms with van der Waals surface area (Å²) in [5.41, 5.74) is 0. The summed E-state index contributed by atoms with van der Waals surface area (Å²) in [4.78, 5) is 20.6. The number of aromatic nitrogens is 3. The van der Waals surface area contributed by atoms with Crippen molar-refractivity contribution >= 4 is 17.7 Å². The molecule has 122 valence electrons. The van der Waals surface area contributed by atoms with Gasteiger partial charge in [-0.2, -0.15) is 10.1 Å². The van der Waals surface area contributed by atoms with Crippen molar-refractivity contribution in [2.45, 2.75) is 13.3 Å². The zero-order valence-corrected chi connectivity index (χ0v) is 13.1. The van der Waals surface area contributed by atoms with Crippen LogP contribution in [0.5, 0.6) is 0 Å². The first-order chi connectivity index (χ1) is 11.3. The van der Waals surface area contributed by atoms with E-state index >= 15 is 0 Å². The molecule has 0 spiro atoms. The van der Waals surface area contributed by atoms with Crippen molar-refractivity contribution in [1.82, 2.24) is 20.1 Å². The Labute approximate surface area is 134 Å². The first kappa shape index (κ1) is 15.3. The highest BCUT2D eigenvalue weighted by Crippen LogP contribution is 2.15. The Morgan fingerprint density at radius 2 is 2.17 bits per heavy atom. The molecule has 8 heteroatoms. The van der Waals surface area contributed by atoms with Gasteiger partial charge < -0.3 is 19.5 Å². The minimum Gasteiger partial charge on any atom is -0.459 e. The van der Waals surface area contributed by atoms with E-state index < -0.39 is 0 Å². The highest BCUT2D eigenvalue weighted by atomic mass is 16.3. The van der Waals surface area contributed by atoms with Crippen LogP contribution in [-0.4, -0.2) is 58.7 Å². The number of anilines is 2. The second-order valence-electron chi connectivity index (χ2n) is 5.32. The number of piperazine rings is 1. The summed E-state index contributed by atoms with van der Waals surface area (Å²) >= 11 is 0. The van der Waals surface area contributed by atoms with E-state index in [1.54, 1.807) is 23.2 Å². The third-order valence-corrected chi connectivity index (χ3v) is 3.70. The van der Waals surface area contributed by atoms with Crippen molar-refractivity contribution in [3.8, 4) is 0 Å². The van der Waals surface area contributed by atoms with Gasteiger partial charge in [-0.05, 0) is 18.6 Å². The molecule has 0 radical (unpaired) electrons. The van der Waals surface area contributed by atoms with Gasteiger partial charge in [-0.3, -0.25) is 4.79 Å². The summed E-state index contributed by atoms with van der Waals surface area (Å²) in [6.07, 6.45) is 4.17. The predicted molar refractivity (Wildman–Crippen MR) is 85.4 cm³/mol. The smallest absolute Gasteiger partial charge is 0.289 e. The summed E-state index contributed by atoms with van der Waals surface area (Å²) in [6, 6.07) is 3.41. The molecule has 3 heterocycles. The van der Waals surface area contributed by atoms with Crippen LogP contribution in [0.15, 0.2) is 29.0 Å². The van der Waals surface area contributed by atoms with Crippen LogP contribution in [-0.2, 0) is 0 Å². The lowest BCUT2D eigenvalue weighted by Crippen LogP contribution is -2.49. The molecular formula is C15H20N6O2. The van der Waals surface area contributed by atoms with Gasteiger partial charge in [0.05, 0.1) is 12.5 Å². The molecule has 1 saturated heterocycles. The predicted octanol–water partition coefficient (Wildman–Crippen LogP) is 1.25. The quantitative estimate of drug-likeness (QED) is 0.888. The molecule has 2 aromatic heterocycles. The molecular weight excluding hydrogens is 296 g/mol. The van der Waals surface area contributed by atoms with Gasteiger partial charge in [-0.15, -0.1) is 5.10 Å². The Bertz CT molecular complexity index is 637.